The zero-order valence-corrected chi connectivity index (χ0v) is 24.9. The third-order valence-electron chi connectivity index (χ3n) is 7.62. The van der Waals surface area contributed by atoms with Crippen LogP contribution in [0.25, 0.3) is 33.4 Å². The maximum atomic E-state index is 12.4. The lowest BCUT2D eigenvalue weighted by Gasteiger charge is -2.23. The number of phenolic OH excluding ortho intramolecular Hbond substituents is 1. The number of aromatic nitrogens is 2. The number of carboxylic acids is 1. The van der Waals surface area contributed by atoms with Gasteiger partial charge in [0.2, 0.25) is 0 Å². The van der Waals surface area contributed by atoms with Gasteiger partial charge in [-0.2, -0.15) is 0 Å². The van der Waals surface area contributed by atoms with Crippen LogP contribution in [0.1, 0.15) is 33.1 Å². The van der Waals surface area contributed by atoms with Gasteiger partial charge >= 0.3 is 5.97 Å². The summed E-state index contributed by atoms with van der Waals surface area (Å²) in [4.78, 5) is 36.3. The summed E-state index contributed by atoms with van der Waals surface area (Å²) in [5, 5.41) is 24.4. The molecule has 9 nitrogen and oxygen atoms in total. The van der Waals surface area contributed by atoms with Gasteiger partial charge in [-0.25, -0.2) is 4.79 Å². The second-order valence-electron chi connectivity index (χ2n) is 11.1. The van der Waals surface area contributed by atoms with Crippen molar-refractivity contribution in [3.05, 3.63) is 130 Å². The largest absolute Gasteiger partial charge is 0.508 e. The maximum absolute atomic E-state index is 12.4. The van der Waals surface area contributed by atoms with Gasteiger partial charge in [-0.05, 0) is 86.1 Å². The molecule has 0 saturated carbocycles. The number of nitrogens with zero attached hydrogens (tertiary/aromatic N) is 3. The molecule has 226 valence electrons. The fourth-order valence-corrected chi connectivity index (χ4v) is 5.60. The van der Waals surface area contributed by atoms with Gasteiger partial charge in [-0.15, -0.1) is 0 Å². The Kier molecular flexibility index (Phi) is 8.26. The molecular weight excluding hydrogens is 568 g/mol. The third-order valence-corrected chi connectivity index (χ3v) is 7.62. The summed E-state index contributed by atoms with van der Waals surface area (Å²) in [5.41, 5.74) is 6.45. The minimum Gasteiger partial charge on any atom is -0.508 e. The van der Waals surface area contributed by atoms with Crippen molar-refractivity contribution < 1.29 is 19.4 Å². The summed E-state index contributed by atoms with van der Waals surface area (Å²) < 4.78 is 5.97. The molecule has 1 aliphatic heterocycles. The second-order valence-corrected chi connectivity index (χ2v) is 11.1. The van der Waals surface area contributed by atoms with Crippen molar-refractivity contribution in [2.75, 3.05) is 18.4 Å². The molecule has 2 aromatic heterocycles. The number of hydrogen-bond donors (Lipinski definition) is 3. The summed E-state index contributed by atoms with van der Waals surface area (Å²) >= 11 is 0. The maximum Gasteiger partial charge on any atom is 0.336 e. The van der Waals surface area contributed by atoms with Crippen LogP contribution in [-0.4, -0.2) is 44.1 Å². The van der Waals surface area contributed by atoms with Crippen molar-refractivity contribution >= 4 is 22.6 Å². The molecule has 0 radical (unpaired) electrons. The Balaban J connectivity index is 1.33. The topological polar surface area (TPSA) is 129 Å². The molecule has 1 aliphatic carbocycles. The van der Waals surface area contributed by atoms with E-state index in [1.54, 1.807) is 24.3 Å². The average molecular weight is 601 g/mol. The molecule has 0 bridgehead atoms. The van der Waals surface area contributed by atoms with Crippen molar-refractivity contribution in [1.82, 2.24) is 14.9 Å². The van der Waals surface area contributed by atoms with Crippen LogP contribution in [0.2, 0.25) is 0 Å². The molecule has 3 N–H and O–H groups in total. The van der Waals surface area contributed by atoms with E-state index in [9.17, 15) is 19.8 Å². The summed E-state index contributed by atoms with van der Waals surface area (Å²) in [7, 11) is 0. The Labute approximate surface area is 259 Å². The minimum absolute atomic E-state index is 0.00464. The number of pyridine rings is 2. The number of aromatic carboxylic acids is 1. The molecule has 9 heteroatoms. The van der Waals surface area contributed by atoms with E-state index < -0.39 is 5.97 Å². The molecule has 3 heterocycles. The molecule has 0 amide bonds. The van der Waals surface area contributed by atoms with E-state index in [0.717, 1.165) is 28.5 Å². The predicted molar refractivity (Wildman–Crippen MR) is 174 cm³/mol. The predicted octanol–water partition coefficient (Wildman–Crippen LogP) is 6.49. The smallest absolute Gasteiger partial charge is 0.336 e. The molecule has 6 rings (SSSR count). The highest BCUT2D eigenvalue weighted by atomic mass is 16.4. The van der Waals surface area contributed by atoms with Crippen LogP contribution in [0.3, 0.4) is 0 Å². The lowest BCUT2D eigenvalue weighted by Crippen LogP contribution is -2.29. The molecule has 0 saturated heterocycles. The van der Waals surface area contributed by atoms with Gasteiger partial charge in [0.25, 0.3) is 0 Å². The number of rotatable bonds is 10. The van der Waals surface area contributed by atoms with E-state index in [-0.39, 0.29) is 16.7 Å². The van der Waals surface area contributed by atoms with Gasteiger partial charge in [0.05, 0.1) is 17.0 Å². The highest BCUT2D eigenvalue weighted by molar-refractivity contribution is 6.08. The van der Waals surface area contributed by atoms with Crippen LogP contribution in [0.4, 0.5) is 5.69 Å². The highest BCUT2D eigenvalue weighted by Crippen LogP contribution is 2.42. The number of carbonyl (C=O) groups is 1. The van der Waals surface area contributed by atoms with Gasteiger partial charge in [0.15, 0.2) is 5.43 Å². The third kappa shape index (κ3) is 6.68. The van der Waals surface area contributed by atoms with E-state index in [1.807, 2.05) is 56.3 Å². The first-order valence-electron chi connectivity index (χ1n) is 14.6. The van der Waals surface area contributed by atoms with Crippen molar-refractivity contribution in [3.63, 3.8) is 0 Å². The lowest BCUT2D eigenvalue weighted by atomic mass is 9.90. The summed E-state index contributed by atoms with van der Waals surface area (Å²) in [5.74, 6) is -0.786. The van der Waals surface area contributed by atoms with E-state index in [1.165, 1.54) is 24.3 Å². The first kappa shape index (κ1) is 29.5. The van der Waals surface area contributed by atoms with Crippen molar-refractivity contribution in [3.8, 4) is 28.2 Å². The fourth-order valence-electron chi connectivity index (χ4n) is 5.60. The minimum atomic E-state index is -1.08. The van der Waals surface area contributed by atoms with E-state index in [4.69, 9.17) is 4.42 Å². The monoisotopic (exact) mass is 600 g/mol. The van der Waals surface area contributed by atoms with Crippen LogP contribution in [0.5, 0.6) is 5.75 Å². The van der Waals surface area contributed by atoms with Gasteiger partial charge in [-0.1, -0.05) is 12.1 Å². The molecule has 0 spiro atoms. The standard InChI is InChI=1S/C36H32N4O5/c1-22-5-3-7-25(38-22)20-40(21-26-8-4-6-23(2)39-26)16-15-37-24-9-12-29(36(43)44)32(17-24)35-30-13-10-27(41)18-33(30)45-34-19-28(42)11-14-31(34)35/h3-14,17-19,37,41H,15-16,20-21H2,1-2H3,(H,43,44). The number of hydrogen-bond acceptors (Lipinski definition) is 8. The number of nitrogens with one attached hydrogen (secondary N) is 1. The van der Waals surface area contributed by atoms with Crippen LogP contribution < -0.4 is 10.7 Å². The molecular formula is C36H32N4O5. The lowest BCUT2D eigenvalue weighted by molar-refractivity contribution is 0.0697. The second kappa shape index (κ2) is 12.6. The van der Waals surface area contributed by atoms with Crippen molar-refractivity contribution in [2.45, 2.75) is 26.9 Å². The van der Waals surface area contributed by atoms with E-state index in [0.29, 0.717) is 59.6 Å². The molecule has 2 aliphatic rings. The Bertz CT molecular complexity index is 2010. The molecule has 0 fully saturated rings. The number of fused-ring (bicyclic) bond motifs is 2. The Morgan fingerprint density at radius 1 is 0.844 bits per heavy atom. The van der Waals surface area contributed by atoms with Gasteiger partial charge in [0, 0.05) is 71.9 Å². The summed E-state index contributed by atoms with van der Waals surface area (Å²) in [6.45, 7) is 6.48. The number of anilines is 1. The first-order chi connectivity index (χ1) is 21.7. The van der Waals surface area contributed by atoms with E-state index in [2.05, 4.69) is 20.2 Å². The number of aromatic hydroxyl groups is 1. The van der Waals surface area contributed by atoms with Gasteiger partial charge in [0.1, 0.15) is 17.1 Å². The van der Waals surface area contributed by atoms with Gasteiger partial charge in [-0.3, -0.25) is 19.7 Å². The molecule has 4 aromatic rings. The molecule has 2 aromatic carbocycles. The Morgan fingerprint density at radius 2 is 1.56 bits per heavy atom. The number of carboxylic acid groups (broad SMARTS) is 1. The number of phenols is 1. The summed E-state index contributed by atoms with van der Waals surface area (Å²) in [6, 6.07) is 26.3. The number of aryl methyl sites for hydroxylation is 2. The van der Waals surface area contributed by atoms with Crippen LogP contribution in [0, 0.1) is 13.8 Å². The van der Waals surface area contributed by atoms with Crippen LogP contribution >= 0.6 is 0 Å². The first-order valence-corrected chi connectivity index (χ1v) is 14.6. The Morgan fingerprint density at radius 3 is 2.22 bits per heavy atom. The quantitative estimate of drug-likeness (QED) is 0.151. The Hall–Kier alpha value is -5.54. The number of benzene rings is 3. The summed E-state index contributed by atoms with van der Waals surface area (Å²) in [6.07, 6.45) is 0. The fraction of sp³-hybridized carbons (Fsp3) is 0.167. The van der Waals surface area contributed by atoms with E-state index >= 15 is 0 Å². The van der Waals surface area contributed by atoms with Gasteiger partial charge < -0.3 is 19.9 Å². The molecule has 0 unspecified atom stereocenters. The van der Waals surface area contributed by atoms with Crippen molar-refractivity contribution in [2.24, 2.45) is 0 Å². The highest BCUT2D eigenvalue weighted by Gasteiger charge is 2.22. The normalized spacial score (nSPS) is 11.4. The van der Waals surface area contributed by atoms with Crippen LogP contribution in [-0.2, 0) is 13.1 Å². The molecule has 0 atom stereocenters. The van der Waals surface area contributed by atoms with Crippen molar-refractivity contribution in [1.29, 1.82) is 0 Å². The molecule has 45 heavy (non-hydrogen) atoms. The average Bonchev–Trinajstić information content (AvgIpc) is 2.99. The zero-order chi connectivity index (χ0) is 31.5. The SMILES string of the molecule is Cc1cccc(CN(CCNc2ccc(C(=O)O)c(-c3c4ccc(=O)cc-4oc4cc(O)ccc34)c2)Cc2cccc(C)n2)n1. The zero-order valence-electron chi connectivity index (χ0n) is 24.9. The van der Waals surface area contributed by atoms with Crippen LogP contribution in [0.15, 0.2) is 100 Å².